The molecule has 0 aromatic heterocycles. The third-order valence-electron chi connectivity index (χ3n) is 5.90. The van der Waals surface area contributed by atoms with Gasteiger partial charge in [0.05, 0.1) is 11.8 Å². The van der Waals surface area contributed by atoms with Crippen LogP contribution in [-0.4, -0.2) is 31.7 Å². The molecule has 30 heavy (non-hydrogen) atoms. The minimum Gasteiger partial charge on any atom is -0.349 e. The van der Waals surface area contributed by atoms with E-state index in [1.807, 2.05) is 26.0 Å². The normalized spacial score (nSPS) is 16.9. The molecule has 1 amide bonds. The second kappa shape index (κ2) is 9.27. The highest BCUT2D eigenvalue weighted by atomic mass is 32.2. The van der Waals surface area contributed by atoms with Crippen LogP contribution in [0.1, 0.15) is 48.1 Å². The van der Waals surface area contributed by atoms with Gasteiger partial charge < -0.3 is 5.32 Å². The van der Waals surface area contributed by atoms with Gasteiger partial charge in [-0.25, -0.2) is 17.1 Å². The minimum atomic E-state index is -3.62. The van der Waals surface area contributed by atoms with Gasteiger partial charge >= 0.3 is 0 Å². The summed E-state index contributed by atoms with van der Waals surface area (Å²) in [5.41, 5.74) is 3.61. The fourth-order valence-electron chi connectivity index (χ4n) is 3.75. The zero-order valence-electron chi connectivity index (χ0n) is 17.7. The second-order valence-corrected chi connectivity index (χ2v) is 10.1. The van der Waals surface area contributed by atoms with Crippen LogP contribution in [0, 0.1) is 25.6 Å². The molecule has 0 radical (unpaired) electrons. The fourth-order valence-corrected chi connectivity index (χ4v) is 5.32. The van der Waals surface area contributed by atoms with E-state index in [0.29, 0.717) is 12.8 Å². The lowest BCUT2D eigenvalue weighted by molar-refractivity contribution is -0.126. The first kappa shape index (κ1) is 22.4. The number of hydrogen-bond donors (Lipinski definition) is 1. The average molecular weight is 433 g/mol. The van der Waals surface area contributed by atoms with Crippen LogP contribution >= 0.6 is 0 Å². The molecule has 0 saturated carbocycles. The number of hydrogen-bond acceptors (Lipinski definition) is 3. The van der Waals surface area contributed by atoms with Gasteiger partial charge in [0.1, 0.15) is 5.82 Å². The summed E-state index contributed by atoms with van der Waals surface area (Å²) in [6, 6.07) is 11.9. The number of benzene rings is 2. The molecule has 5 nitrogen and oxygen atoms in total. The Hall–Kier alpha value is -2.25. The first-order valence-corrected chi connectivity index (χ1v) is 11.9. The van der Waals surface area contributed by atoms with Gasteiger partial charge in [0, 0.05) is 24.6 Å². The van der Waals surface area contributed by atoms with Crippen LogP contribution in [0.25, 0.3) is 0 Å². The predicted octanol–water partition coefficient (Wildman–Crippen LogP) is 3.86. The SMILES string of the molecule is Cc1ccc([C@@H](C)NC(=O)C2CCN(S(=O)(=O)Cc3ccccc3F)CC2)cc1C. The van der Waals surface area contributed by atoms with E-state index in [2.05, 4.69) is 18.3 Å². The molecule has 1 heterocycles. The molecule has 0 aliphatic carbocycles. The third kappa shape index (κ3) is 5.26. The fraction of sp³-hybridized carbons (Fsp3) is 0.435. The van der Waals surface area contributed by atoms with Crippen LogP contribution in [0.3, 0.4) is 0 Å². The molecule has 1 N–H and O–H groups in total. The third-order valence-corrected chi connectivity index (χ3v) is 7.73. The predicted molar refractivity (Wildman–Crippen MR) is 116 cm³/mol. The molecule has 162 valence electrons. The van der Waals surface area contributed by atoms with Gasteiger partial charge in [0.25, 0.3) is 0 Å². The number of nitrogens with one attached hydrogen (secondary N) is 1. The quantitative estimate of drug-likeness (QED) is 0.754. The van der Waals surface area contributed by atoms with Crippen molar-refractivity contribution in [1.82, 2.24) is 9.62 Å². The number of sulfonamides is 1. The molecule has 2 aromatic rings. The summed E-state index contributed by atoms with van der Waals surface area (Å²) in [5.74, 6) is -1.15. The van der Waals surface area contributed by atoms with Crippen molar-refractivity contribution in [3.63, 3.8) is 0 Å². The van der Waals surface area contributed by atoms with E-state index < -0.39 is 15.8 Å². The van der Waals surface area contributed by atoms with Crippen LogP contribution in [0.4, 0.5) is 4.39 Å². The highest BCUT2D eigenvalue weighted by Crippen LogP contribution is 2.24. The van der Waals surface area contributed by atoms with Crippen LogP contribution < -0.4 is 5.32 Å². The minimum absolute atomic E-state index is 0.0492. The summed E-state index contributed by atoms with van der Waals surface area (Å²) in [4.78, 5) is 12.7. The molecular formula is C23H29FN2O3S. The lowest BCUT2D eigenvalue weighted by Gasteiger charge is -2.31. The van der Waals surface area contributed by atoms with Gasteiger partial charge in [-0.15, -0.1) is 0 Å². The number of amides is 1. The van der Waals surface area contributed by atoms with Crippen molar-refractivity contribution >= 4 is 15.9 Å². The molecule has 1 aliphatic heterocycles. The number of nitrogens with zero attached hydrogens (tertiary/aromatic N) is 1. The van der Waals surface area contributed by atoms with Crippen LogP contribution in [0.5, 0.6) is 0 Å². The number of carbonyl (C=O) groups is 1. The number of halogens is 1. The van der Waals surface area contributed by atoms with Gasteiger partial charge in [-0.1, -0.05) is 36.4 Å². The first-order valence-electron chi connectivity index (χ1n) is 10.3. The number of aryl methyl sites for hydroxylation is 2. The molecule has 1 aliphatic rings. The van der Waals surface area contributed by atoms with Crippen molar-refractivity contribution in [2.75, 3.05) is 13.1 Å². The Labute approximate surface area is 178 Å². The summed E-state index contributed by atoms with van der Waals surface area (Å²) < 4.78 is 40.5. The maximum Gasteiger partial charge on any atom is 0.223 e. The van der Waals surface area contributed by atoms with Crippen molar-refractivity contribution in [3.05, 3.63) is 70.5 Å². The lowest BCUT2D eigenvalue weighted by atomic mass is 9.96. The topological polar surface area (TPSA) is 66.5 Å². The number of piperidine rings is 1. The molecule has 2 aromatic carbocycles. The summed E-state index contributed by atoms with van der Waals surface area (Å²) in [6.45, 7) is 6.59. The Morgan fingerprint density at radius 2 is 1.80 bits per heavy atom. The molecule has 0 unspecified atom stereocenters. The number of carbonyl (C=O) groups excluding carboxylic acids is 1. The molecule has 1 atom stereocenters. The van der Waals surface area contributed by atoms with E-state index in [0.717, 1.165) is 5.56 Å². The Balaban J connectivity index is 1.56. The second-order valence-electron chi connectivity index (χ2n) is 8.09. The molecule has 1 fully saturated rings. The zero-order chi connectivity index (χ0) is 21.9. The monoisotopic (exact) mass is 432 g/mol. The van der Waals surface area contributed by atoms with E-state index in [1.165, 1.54) is 33.6 Å². The van der Waals surface area contributed by atoms with Crippen molar-refractivity contribution in [2.45, 2.75) is 45.4 Å². The van der Waals surface area contributed by atoms with Gasteiger partial charge in [0.2, 0.25) is 15.9 Å². The summed E-state index contributed by atoms with van der Waals surface area (Å²) in [5, 5.41) is 3.06. The van der Waals surface area contributed by atoms with Gasteiger partial charge in [-0.05, 0) is 56.4 Å². The van der Waals surface area contributed by atoms with Crippen LogP contribution in [-0.2, 0) is 20.6 Å². The van der Waals surface area contributed by atoms with Crippen molar-refractivity contribution in [1.29, 1.82) is 0 Å². The van der Waals surface area contributed by atoms with E-state index in [9.17, 15) is 17.6 Å². The van der Waals surface area contributed by atoms with E-state index in [4.69, 9.17) is 0 Å². The maximum atomic E-state index is 13.8. The van der Waals surface area contributed by atoms with Gasteiger partial charge in [-0.2, -0.15) is 0 Å². The van der Waals surface area contributed by atoms with Crippen LogP contribution in [0.2, 0.25) is 0 Å². The van der Waals surface area contributed by atoms with Crippen molar-refractivity contribution in [3.8, 4) is 0 Å². The highest BCUT2D eigenvalue weighted by Gasteiger charge is 2.32. The molecule has 7 heteroatoms. The largest absolute Gasteiger partial charge is 0.349 e. The van der Waals surface area contributed by atoms with Crippen molar-refractivity contribution in [2.24, 2.45) is 5.92 Å². The molecule has 0 spiro atoms. The van der Waals surface area contributed by atoms with E-state index >= 15 is 0 Å². The number of rotatable bonds is 6. The summed E-state index contributed by atoms with van der Waals surface area (Å²) >= 11 is 0. The van der Waals surface area contributed by atoms with Gasteiger partial charge in [0.15, 0.2) is 0 Å². The lowest BCUT2D eigenvalue weighted by Crippen LogP contribution is -2.43. The maximum absolute atomic E-state index is 13.8. The van der Waals surface area contributed by atoms with Crippen LogP contribution in [0.15, 0.2) is 42.5 Å². The average Bonchev–Trinajstić information content (AvgIpc) is 2.71. The summed E-state index contributed by atoms with van der Waals surface area (Å²) in [6.07, 6.45) is 0.921. The Kier molecular flexibility index (Phi) is 6.93. The molecular weight excluding hydrogens is 403 g/mol. The first-order chi connectivity index (χ1) is 14.2. The van der Waals surface area contributed by atoms with Gasteiger partial charge in [-0.3, -0.25) is 4.79 Å². The van der Waals surface area contributed by atoms with Crippen molar-refractivity contribution < 1.29 is 17.6 Å². The molecule has 1 saturated heterocycles. The Morgan fingerprint density at radius 1 is 1.13 bits per heavy atom. The van der Waals surface area contributed by atoms with E-state index in [-0.39, 0.29) is 42.3 Å². The highest BCUT2D eigenvalue weighted by molar-refractivity contribution is 7.88. The van der Waals surface area contributed by atoms with E-state index in [1.54, 1.807) is 6.07 Å². The molecule has 0 bridgehead atoms. The summed E-state index contributed by atoms with van der Waals surface area (Å²) in [7, 11) is -3.62. The zero-order valence-corrected chi connectivity index (χ0v) is 18.5. The Bertz CT molecular complexity index is 1010. The molecule has 3 rings (SSSR count). The Morgan fingerprint density at radius 3 is 2.43 bits per heavy atom. The smallest absolute Gasteiger partial charge is 0.223 e. The standard InChI is InChI=1S/C23H29FN2O3S/c1-16-8-9-20(14-17(16)2)18(3)25-23(27)19-10-12-26(13-11-19)30(28,29)15-21-6-4-5-7-22(21)24/h4-9,14,18-19H,10-13,15H2,1-3H3,(H,25,27)/t18-/m1/s1.